The number of aromatic amines is 1. The van der Waals surface area contributed by atoms with Crippen LogP contribution in [0.1, 0.15) is 16.8 Å². The van der Waals surface area contributed by atoms with Gasteiger partial charge in [-0.1, -0.05) is 6.07 Å². The summed E-state index contributed by atoms with van der Waals surface area (Å²) in [7, 11) is 1.28. The van der Waals surface area contributed by atoms with Gasteiger partial charge in [-0.3, -0.25) is 14.7 Å². The van der Waals surface area contributed by atoms with Gasteiger partial charge < -0.3 is 4.74 Å². The van der Waals surface area contributed by atoms with Crippen LogP contribution in [0.25, 0.3) is 5.69 Å². The average molecular weight is 271 g/mol. The molecule has 0 saturated heterocycles. The Morgan fingerprint density at radius 1 is 1.50 bits per heavy atom. The van der Waals surface area contributed by atoms with Gasteiger partial charge in [-0.25, -0.2) is 4.68 Å². The number of aryl methyl sites for hydroxylation is 1. The highest BCUT2D eigenvalue weighted by molar-refractivity contribution is 5.72. The minimum absolute atomic E-state index is 0.0807. The SMILES string of the molecule is COC(=O)Cc1c(C)[nH]n(-c2cccc(C#N)c2)c1=O. The Balaban J connectivity index is 2.49. The number of nitriles is 1. The van der Waals surface area contributed by atoms with E-state index in [1.54, 1.807) is 31.2 Å². The van der Waals surface area contributed by atoms with E-state index >= 15 is 0 Å². The Bertz CT molecular complexity index is 750. The fourth-order valence-corrected chi connectivity index (χ4v) is 1.90. The van der Waals surface area contributed by atoms with Crippen LogP contribution in [0.15, 0.2) is 29.1 Å². The molecule has 1 aromatic carbocycles. The number of methoxy groups -OCH3 is 1. The third-order valence-electron chi connectivity index (χ3n) is 2.98. The number of carbonyl (C=O) groups is 1. The number of nitrogens with one attached hydrogen (secondary N) is 1. The summed E-state index contributed by atoms with van der Waals surface area (Å²) in [6.45, 7) is 1.71. The van der Waals surface area contributed by atoms with Gasteiger partial charge in [0.1, 0.15) is 0 Å². The first-order valence-electron chi connectivity index (χ1n) is 5.94. The molecule has 0 aliphatic rings. The van der Waals surface area contributed by atoms with E-state index in [0.717, 1.165) is 0 Å². The van der Waals surface area contributed by atoms with E-state index in [1.807, 2.05) is 6.07 Å². The molecular formula is C14H13N3O3. The maximum absolute atomic E-state index is 12.3. The standard InChI is InChI=1S/C14H13N3O3/c1-9-12(7-13(18)20-2)14(19)17(16-9)11-5-3-4-10(6-11)8-15/h3-6,16H,7H2,1-2H3. The zero-order valence-electron chi connectivity index (χ0n) is 11.1. The van der Waals surface area contributed by atoms with Crippen molar-refractivity contribution in [2.45, 2.75) is 13.3 Å². The van der Waals surface area contributed by atoms with Crippen molar-refractivity contribution in [1.82, 2.24) is 9.78 Å². The molecule has 2 aromatic rings. The molecule has 20 heavy (non-hydrogen) atoms. The lowest BCUT2D eigenvalue weighted by molar-refractivity contribution is -0.139. The van der Waals surface area contributed by atoms with Crippen LogP contribution in [0, 0.1) is 18.3 Å². The number of carbonyl (C=O) groups excluding carboxylic acids is 1. The molecule has 0 aliphatic carbocycles. The first-order valence-corrected chi connectivity index (χ1v) is 5.94. The highest BCUT2D eigenvalue weighted by Crippen LogP contribution is 2.10. The van der Waals surface area contributed by atoms with Crippen LogP contribution in [0.2, 0.25) is 0 Å². The van der Waals surface area contributed by atoms with Crippen molar-refractivity contribution in [3.63, 3.8) is 0 Å². The predicted molar refractivity (Wildman–Crippen MR) is 71.6 cm³/mol. The molecule has 1 N–H and O–H groups in total. The molecule has 6 heteroatoms. The zero-order chi connectivity index (χ0) is 14.7. The van der Waals surface area contributed by atoms with Crippen LogP contribution >= 0.6 is 0 Å². The Morgan fingerprint density at radius 2 is 2.25 bits per heavy atom. The summed E-state index contributed by atoms with van der Waals surface area (Å²) in [5, 5.41) is 11.8. The molecule has 0 atom stereocenters. The molecule has 0 bridgehead atoms. The Morgan fingerprint density at radius 3 is 2.90 bits per heavy atom. The number of aromatic nitrogens is 2. The van der Waals surface area contributed by atoms with E-state index in [4.69, 9.17) is 5.26 Å². The van der Waals surface area contributed by atoms with Gasteiger partial charge in [0.05, 0.1) is 36.4 Å². The van der Waals surface area contributed by atoms with Crippen LogP contribution in [0.3, 0.4) is 0 Å². The van der Waals surface area contributed by atoms with Gasteiger partial charge in [-0.15, -0.1) is 0 Å². The topological polar surface area (TPSA) is 87.9 Å². The summed E-state index contributed by atoms with van der Waals surface area (Å²) in [5.41, 5.74) is 1.65. The highest BCUT2D eigenvalue weighted by atomic mass is 16.5. The molecule has 0 spiro atoms. The molecule has 2 rings (SSSR count). The molecule has 0 aliphatic heterocycles. The molecule has 0 fully saturated rings. The Labute approximate surface area is 115 Å². The molecule has 6 nitrogen and oxygen atoms in total. The second-order valence-electron chi connectivity index (χ2n) is 4.27. The third kappa shape index (κ3) is 2.47. The number of H-pyrrole nitrogens is 1. The van der Waals surface area contributed by atoms with E-state index in [2.05, 4.69) is 9.84 Å². The maximum atomic E-state index is 12.3. The predicted octanol–water partition coefficient (Wildman–Crippen LogP) is 1.06. The van der Waals surface area contributed by atoms with E-state index in [1.165, 1.54) is 11.8 Å². The van der Waals surface area contributed by atoms with Crippen molar-refractivity contribution in [1.29, 1.82) is 5.26 Å². The summed E-state index contributed by atoms with van der Waals surface area (Å²) in [6.07, 6.45) is -0.0807. The molecule has 0 radical (unpaired) electrons. The van der Waals surface area contributed by atoms with Crippen LogP contribution < -0.4 is 5.56 Å². The van der Waals surface area contributed by atoms with E-state index in [9.17, 15) is 9.59 Å². The zero-order valence-corrected chi connectivity index (χ0v) is 11.1. The number of hydrogen-bond acceptors (Lipinski definition) is 4. The molecule has 1 heterocycles. The minimum Gasteiger partial charge on any atom is -0.469 e. The smallest absolute Gasteiger partial charge is 0.310 e. The van der Waals surface area contributed by atoms with Crippen molar-refractivity contribution in [2.75, 3.05) is 7.11 Å². The van der Waals surface area contributed by atoms with E-state index in [-0.39, 0.29) is 12.0 Å². The van der Waals surface area contributed by atoms with Gasteiger partial charge in [-0.2, -0.15) is 5.26 Å². The lowest BCUT2D eigenvalue weighted by atomic mass is 10.2. The molecule has 0 saturated carbocycles. The Hall–Kier alpha value is -2.81. The quantitative estimate of drug-likeness (QED) is 0.845. The third-order valence-corrected chi connectivity index (χ3v) is 2.98. The fourth-order valence-electron chi connectivity index (χ4n) is 1.90. The largest absolute Gasteiger partial charge is 0.469 e. The van der Waals surface area contributed by atoms with E-state index < -0.39 is 5.97 Å². The minimum atomic E-state index is -0.470. The molecular weight excluding hydrogens is 258 g/mol. The first kappa shape index (κ1) is 13.6. The number of benzene rings is 1. The van der Waals surface area contributed by atoms with Crippen LogP contribution in [-0.4, -0.2) is 22.9 Å². The van der Waals surface area contributed by atoms with Gasteiger partial charge in [-0.05, 0) is 25.1 Å². The van der Waals surface area contributed by atoms with Crippen molar-refractivity contribution in [3.05, 3.63) is 51.4 Å². The van der Waals surface area contributed by atoms with Gasteiger partial charge >= 0.3 is 5.97 Å². The normalized spacial score (nSPS) is 10.1. The average Bonchev–Trinajstić information content (AvgIpc) is 2.75. The number of nitrogens with zero attached hydrogens (tertiary/aromatic N) is 2. The number of esters is 1. The second-order valence-corrected chi connectivity index (χ2v) is 4.27. The maximum Gasteiger partial charge on any atom is 0.310 e. The van der Waals surface area contributed by atoms with Gasteiger partial charge in [0.2, 0.25) is 0 Å². The number of rotatable bonds is 3. The number of ether oxygens (including phenoxy) is 1. The van der Waals surface area contributed by atoms with Crippen LogP contribution in [0.5, 0.6) is 0 Å². The number of hydrogen-bond donors (Lipinski definition) is 1. The molecule has 0 amide bonds. The van der Waals surface area contributed by atoms with Crippen LogP contribution in [-0.2, 0) is 16.0 Å². The summed E-state index contributed by atoms with van der Waals surface area (Å²) < 4.78 is 5.89. The first-order chi connectivity index (χ1) is 9.56. The van der Waals surface area contributed by atoms with Crippen molar-refractivity contribution in [3.8, 4) is 11.8 Å². The second kappa shape index (κ2) is 5.45. The summed E-state index contributed by atoms with van der Waals surface area (Å²) >= 11 is 0. The van der Waals surface area contributed by atoms with Crippen molar-refractivity contribution >= 4 is 5.97 Å². The lowest BCUT2D eigenvalue weighted by Crippen LogP contribution is -2.19. The van der Waals surface area contributed by atoms with Crippen LogP contribution in [0.4, 0.5) is 0 Å². The van der Waals surface area contributed by atoms with Crippen molar-refractivity contribution in [2.24, 2.45) is 0 Å². The monoisotopic (exact) mass is 271 g/mol. The fraction of sp³-hybridized carbons (Fsp3) is 0.214. The van der Waals surface area contributed by atoms with E-state index in [0.29, 0.717) is 22.5 Å². The summed E-state index contributed by atoms with van der Waals surface area (Å²) in [6, 6.07) is 8.66. The summed E-state index contributed by atoms with van der Waals surface area (Å²) in [4.78, 5) is 23.6. The van der Waals surface area contributed by atoms with Gasteiger partial charge in [0.25, 0.3) is 5.56 Å². The molecule has 1 aromatic heterocycles. The lowest BCUT2D eigenvalue weighted by Gasteiger charge is -2.01. The molecule has 0 unspecified atom stereocenters. The molecule has 102 valence electrons. The highest BCUT2D eigenvalue weighted by Gasteiger charge is 2.16. The summed E-state index contributed by atoms with van der Waals surface area (Å²) in [5.74, 6) is -0.470. The van der Waals surface area contributed by atoms with Gasteiger partial charge in [0, 0.05) is 5.69 Å². The van der Waals surface area contributed by atoms with Crippen molar-refractivity contribution < 1.29 is 9.53 Å². The van der Waals surface area contributed by atoms with Gasteiger partial charge in [0.15, 0.2) is 0 Å². The Kier molecular flexibility index (Phi) is 3.71.